The van der Waals surface area contributed by atoms with Gasteiger partial charge in [0.05, 0.1) is 13.2 Å². The van der Waals surface area contributed by atoms with Crippen LogP contribution < -0.4 is 4.74 Å². The third-order valence-electron chi connectivity index (χ3n) is 2.71. The lowest BCUT2D eigenvalue weighted by molar-refractivity contribution is -0.108. The SMILES string of the molecule is COc1ccc2cc(C(C#N)C=O)ccc2c1. The number of aldehydes is 1. The fraction of sp³-hybridized carbons (Fsp3) is 0.143. The summed E-state index contributed by atoms with van der Waals surface area (Å²) < 4.78 is 5.13. The Bertz CT molecular complexity index is 599. The van der Waals surface area contributed by atoms with E-state index in [4.69, 9.17) is 10.00 Å². The lowest BCUT2D eigenvalue weighted by Crippen LogP contribution is -1.96. The first-order chi connectivity index (χ1) is 8.28. The maximum Gasteiger partial charge on any atom is 0.141 e. The molecular weight excluding hydrogens is 214 g/mol. The van der Waals surface area contributed by atoms with E-state index in [0.29, 0.717) is 6.29 Å². The van der Waals surface area contributed by atoms with E-state index in [9.17, 15) is 4.79 Å². The summed E-state index contributed by atoms with van der Waals surface area (Å²) >= 11 is 0. The van der Waals surface area contributed by atoms with E-state index < -0.39 is 5.92 Å². The van der Waals surface area contributed by atoms with Crippen molar-refractivity contribution in [1.82, 2.24) is 0 Å². The normalized spacial score (nSPS) is 11.8. The first-order valence-electron chi connectivity index (χ1n) is 5.21. The summed E-state index contributed by atoms with van der Waals surface area (Å²) in [5, 5.41) is 10.8. The summed E-state index contributed by atoms with van der Waals surface area (Å²) in [7, 11) is 1.62. The van der Waals surface area contributed by atoms with Gasteiger partial charge in [0.25, 0.3) is 0 Å². The molecule has 0 saturated carbocycles. The van der Waals surface area contributed by atoms with Crippen LogP contribution in [0.2, 0.25) is 0 Å². The van der Waals surface area contributed by atoms with Crippen LogP contribution in [-0.2, 0) is 4.79 Å². The van der Waals surface area contributed by atoms with Gasteiger partial charge in [-0.15, -0.1) is 0 Å². The fourth-order valence-corrected chi connectivity index (χ4v) is 1.75. The third-order valence-corrected chi connectivity index (χ3v) is 2.71. The van der Waals surface area contributed by atoms with Crippen LogP contribution in [-0.4, -0.2) is 13.4 Å². The minimum atomic E-state index is -0.693. The van der Waals surface area contributed by atoms with Crippen LogP contribution in [0.4, 0.5) is 0 Å². The highest BCUT2D eigenvalue weighted by molar-refractivity contribution is 5.85. The van der Waals surface area contributed by atoms with Crippen molar-refractivity contribution in [2.75, 3.05) is 7.11 Å². The second-order valence-corrected chi connectivity index (χ2v) is 3.72. The van der Waals surface area contributed by atoms with Crippen molar-refractivity contribution in [2.24, 2.45) is 0 Å². The van der Waals surface area contributed by atoms with Gasteiger partial charge in [-0.1, -0.05) is 18.2 Å². The molecule has 0 heterocycles. The highest BCUT2D eigenvalue weighted by atomic mass is 16.5. The smallest absolute Gasteiger partial charge is 0.141 e. The van der Waals surface area contributed by atoms with Gasteiger partial charge >= 0.3 is 0 Å². The monoisotopic (exact) mass is 225 g/mol. The van der Waals surface area contributed by atoms with E-state index >= 15 is 0 Å². The zero-order valence-electron chi connectivity index (χ0n) is 9.38. The zero-order chi connectivity index (χ0) is 12.3. The molecule has 0 fully saturated rings. The molecule has 3 heteroatoms. The Morgan fingerprint density at radius 2 is 1.94 bits per heavy atom. The predicted molar refractivity (Wildman–Crippen MR) is 64.9 cm³/mol. The van der Waals surface area contributed by atoms with E-state index in [1.807, 2.05) is 36.4 Å². The average Bonchev–Trinajstić information content (AvgIpc) is 2.39. The van der Waals surface area contributed by atoms with Crippen LogP contribution in [0.1, 0.15) is 11.5 Å². The molecule has 1 atom stereocenters. The van der Waals surface area contributed by atoms with E-state index in [2.05, 4.69) is 0 Å². The Morgan fingerprint density at radius 1 is 1.24 bits per heavy atom. The molecule has 3 nitrogen and oxygen atoms in total. The maximum absolute atomic E-state index is 10.7. The Kier molecular flexibility index (Phi) is 3.06. The molecule has 0 bridgehead atoms. The summed E-state index contributed by atoms with van der Waals surface area (Å²) in [6, 6.07) is 13.2. The van der Waals surface area contributed by atoms with Crippen molar-refractivity contribution in [3.05, 3.63) is 42.0 Å². The summed E-state index contributed by atoms with van der Waals surface area (Å²) in [6.45, 7) is 0. The van der Waals surface area contributed by atoms with Gasteiger partial charge in [0.1, 0.15) is 18.0 Å². The van der Waals surface area contributed by atoms with Crippen molar-refractivity contribution in [3.63, 3.8) is 0 Å². The van der Waals surface area contributed by atoms with Crippen LogP contribution in [0, 0.1) is 11.3 Å². The highest BCUT2D eigenvalue weighted by Crippen LogP contribution is 2.24. The number of rotatable bonds is 3. The van der Waals surface area contributed by atoms with Gasteiger partial charge in [0, 0.05) is 0 Å². The molecule has 0 spiro atoms. The van der Waals surface area contributed by atoms with E-state index in [0.717, 1.165) is 22.1 Å². The first kappa shape index (κ1) is 11.2. The van der Waals surface area contributed by atoms with Gasteiger partial charge in [-0.05, 0) is 34.5 Å². The Morgan fingerprint density at radius 3 is 2.59 bits per heavy atom. The molecule has 0 amide bonds. The molecule has 2 rings (SSSR count). The Labute approximate surface area is 99.2 Å². The summed E-state index contributed by atoms with van der Waals surface area (Å²) in [5.74, 6) is 0.0963. The minimum Gasteiger partial charge on any atom is -0.497 e. The molecule has 0 aliphatic heterocycles. The summed E-state index contributed by atoms with van der Waals surface area (Å²) in [6.07, 6.45) is 0.657. The molecule has 84 valence electrons. The number of benzene rings is 2. The zero-order valence-corrected chi connectivity index (χ0v) is 9.38. The van der Waals surface area contributed by atoms with Crippen LogP contribution in [0.3, 0.4) is 0 Å². The molecule has 0 aliphatic carbocycles. The lowest BCUT2D eigenvalue weighted by Gasteiger charge is -2.06. The summed E-state index contributed by atoms with van der Waals surface area (Å²) in [4.78, 5) is 10.7. The molecule has 17 heavy (non-hydrogen) atoms. The number of fused-ring (bicyclic) bond motifs is 1. The largest absolute Gasteiger partial charge is 0.497 e. The average molecular weight is 225 g/mol. The molecule has 0 radical (unpaired) electrons. The van der Waals surface area contributed by atoms with E-state index in [1.165, 1.54) is 0 Å². The third kappa shape index (κ3) is 2.11. The van der Waals surface area contributed by atoms with Crippen molar-refractivity contribution >= 4 is 17.1 Å². The van der Waals surface area contributed by atoms with Crippen LogP contribution in [0.25, 0.3) is 10.8 Å². The van der Waals surface area contributed by atoms with Crippen LogP contribution in [0.5, 0.6) is 5.75 Å². The number of nitriles is 1. The minimum absolute atomic E-state index is 0.657. The number of nitrogens with zero attached hydrogens (tertiary/aromatic N) is 1. The standard InChI is InChI=1S/C14H11NO2/c1-17-14-5-4-10-6-11(13(8-15)9-16)2-3-12(10)7-14/h2-7,9,13H,1H3. The Hall–Kier alpha value is -2.34. The predicted octanol–water partition coefficient (Wildman–Crippen LogP) is 2.65. The van der Waals surface area contributed by atoms with Gasteiger partial charge in [-0.25, -0.2) is 0 Å². The van der Waals surface area contributed by atoms with Gasteiger partial charge in [-0.3, -0.25) is 0 Å². The number of ether oxygens (including phenoxy) is 1. The topological polar surface area (TPSA) is 50.1 Å². The van der Waals surface area contributed by atoms with Gasteiger partial charge in [0.2, 0.25) is 0 Å². The van der Waals surface area contributed by atoms with E-state index in [1.54, 1.807) is 13.2 Å². The molecule has 0 saturated heterocycles. The molecule has 0 aromatic heterocycles. The number of hydrogen-bond acceptors (Lipinski definition) is 3. The maximum atomic E-state index is 10.7. The van der Waals surface area contributed by atoms with Gasteiger partial charge in [0.15, 0.2) is 0 Å². The second-order valence-electron chi connectivity index (χ2n) is 3.72. The number of carbonyl (C=O) groups is 1. The molecular formula is C14H11NO2. The number of hydrogen-bond donors (Lipinski definition) is 0. The molecule has 0 aliphatic rings. The van der Waals surface area contributed by atoms with E-state index in [-0.39, 0.29) is 0 Å². The highest BCUT2D eigenvalue weighted by Gasteiger charge is 2.09. The van der Waals surface area contributed by atoms with Gasteiger partial charge < -0.3 is 9.53 Å². The number of methoxy groups -OCH3 is 1. The van der Waals surface area contributed by atoms with Crippen LogP contribution >= 0.6 is 0 Å². The molecule has 0 N–H and O–H groups in total. The molecule has 2 aromatic rings. The second kappa shape index (κ2) is 4.67. The Balaban J connectivity index is 2.52. The molecule has 1 unspecified atom stereocenters. The van der Waals surface area contributed by atoms with Crippen molar-refractivity contribution in [1.29, 1.82) is 5.26 Å². The van der Waals surface area contributed by atoms with Crippen molar-refractivity contribution < 1.29 is 9.53 Å². The van der Waals surface area contributed by atoms with Gasteiger partial charge in [-0.2, -0.15) is 5.26 Å². The summed E-state index contributed by atoms with van der Waals surface area (Å²) in [5.41, 5.74) is 0.722. The first-order valence-corrected chi connectivity index (χ1v) is 5.21. The molecule has 2 aromatic carbocycles. The fourth-order valence-electron chi connectivity index (χ4n) is 1.75. The van der Waals surface area contributed by atoms with Crippen molar-refractivity contribution in [3.8, 4) is 11.8 Å². The quantitative estimate of drug-likeness (QED) is 0.754. The lowest BCUT2D eigenvalue weighted by atomic mass is 9.98. The number of carbonyl (C=O) groups excluding carboxylic acids is 1. The van der Waals surface area contributed by atoms with Crippen molar-refractivity contribution in [2.45, 2.75) is 5.92 Å². The van der Waals surface area contributed by atoms with Crippen LogP contribution in [0.15, 0.2) is 36.4 Å².